The summed E-state index contributed by atoms with van der Waals surface area (Å²) in [7, 11) is 0. The fourth-order valence-electron chi connectivity index (χ4n) is 6.48. The van der Waals surface area contributed by atoms with E-state index in [9.17, 15) is 10.2 Å². The van der Waals surface area contributed by atoms with E-state index in [4.69, 9.17) is 37.9 Å². The van der Waals surface area contributed by atoms with E-state index in [1.807, 2.05) is 88.4 Å². The first-order chi connectivity index (χ1) is 22.6. The van der Waals surface area contributed by atoms with Crippen LogP contribution in [0.25, 0.3) is 0 Å². The van der Waals surface area contributed by atoms with Crippen LogP contribution in [0.5, 0.6) is 0 Å². The van der Waals surface area contributed by atoms with Crippen LogP contribution >= 0.6 is 0 Å². The standard InChI is InChI=1S/C37H56O10/c1-36(2)44-32(19-30(15-17-38)42-26-40-24-28-11-7-5-8-12-28)21-34(46-36)23-35-22-33(45-37(3,4)47-35)20-31(16-18-39)43-27-41-25-29-13-9-6-10-14-29/h5-14,30-35,38-39H,15-27H2,1-4H3/t30-,31-,32-,33+,34-,35-/m0/s1. The molecular formula is C37H56O10. The Bertz CT molecular complexity index is 1030. The molecule has 0 saturated carbocycles. The number of aliphatic hydroxyl groups excluding tert-OH is 2. The first-order valence-electron chi connectivity index (χ1n) is 17.0. The van der Waals surface area contributed by atoms with Gasteiger partial charge in [0.1, 0.15) is 13.6 Å². The van der Waals surface area contributed by atoms with Gasteiger partial charge in [0, 0.05) is 45.3 Å². The summed E-state index contributed by atoms with van der Waals surface area (Å²) in [5.74, 6) is -1.55. The van der Waals surface area contributed by atoms with Crippen molar-refractivity contribution in [3.8, 4) is 0 Å². The van der Waals surface area contributed by atoms with Gasteiger partial charge in [-0.25, -0.2) is 0 Å². The summed E-state index contributed by atoms with van der Waals surface area (Å²) in [6.07, 6.45) is 3.43. The summed E-state index contributed by atoms with van der Waals surface area (Å²) in [4.78, 5) is 0. The molecule has 0 aliphatic carbocycles. The molecule has 0 radical (unpaired) electrons. The highest BCUT2D eigenvalue weighted by molar-refractivity contribution is 5.14. The van der Waals surface area contributed by atoms with E-state index in [1.54, 1.807) is 0 Å². The third-order valence-corrected chi connectivity index (χ3v) is 8.33. The van der Waals surface area contributed by atoms with Gasteiger partial charge in [-0.1, -0.05) is 60.7 Å². The number of rotatable bonds is 20. The summed E-state index contributed by atoms with van der Waals surface area (Å²) in [5, 5.41) is 19.4. The maximum Gasteiger partial charge on any atom is 0.163 e. The molecule has 0 unspecified atom stereocenters. The molecule has 4 rings (SSSR count). The van der Waals surface area contributed by atoms with E-state index in [0.29, 0.717) is 58.2 Å². The third-order valence-electron chi connectivity index (χ3n) is 8.33. The molecule has 0 amide bonds. The number of hydrogen-bond donors (Lipinski definition) is 2. The Hall–Kier alpha value is -1.96. The van der Waals surface area contributed by atoms with Crippen LogP contribution in [-0.2, 0) is 51.1 Å². The van der Waals surface area contributed by atoms with E-state index >= 15 is 0 Å². The van der Waals surface area contributed by atoms with Crippen LogP contribution in [0.3, 0.4) is 0 Å². The molecule has 2 aliphatic rings. The molecule has 264 valence electrons. The molecule has 0 bridgehead atoms. The maximum absolute atomic E-state index is 9.70. The Labute approximate surface area is 280 Å². The lowest BCUT2D eigenvalue weighted by atomic mass is 9.94. The van der Waals surface area contributed by atoms with E-state index < -0.39 is 11.6 Å². The molecule has 10 heteroatoms. The number of benzene rings is 2. The third kappa shape index (κ3) is 14.2. The van der Waals surface area contributed by atoms with Gasteiger partial charge in [-0.05, 0) is 51.7 Å². The zero-order chi connectivity index (χ0) is 33.5. The molecule has 2 aromatic rings. The van der Waals surface area contributed by atoms with Crippen LogP contribution in [-0.4, -0.2) is 85.2 Å². The van der Waals surface area contributed by atoms with E-state index in [2.05, 4.69) is 0 Å². The van der Waals surface area contributed by atoms with Crippen molar-refractivity contribution in [1.29, 1.82) is 0 Å². The summed E-state index contributed by atoms with van der Waals surface area (Å²) >= 11 is 0. The molecule has 0 spiro atoms. The van der Waals surface area contributed by atoms with Crippen molar-refractivity contribution >= 4 is 0 Å². The predicted molar refractivity (Wildman–Crippen MR) is 176 cm³/mol. The first-order valence-corrected chi connectivity index (χ1v) is 17.0. The molecule has 47 heavy (non-hydrogen) atoms. The quantitative estimate of drug-likeness (QED) is 0.132. The zero-order valence-corrected chi connectivity index (χ0v) is 28.6. The van der Waals surface area contributed by atoms with Gasteiger partial charge in [0.25, 0.3) is 0 Å². The molecule has 2 fully saturated rings. The monoisotopic (exact) mass is 660 g/mol. The normalized spacial score (nSPS) is 25.3. The largest absolute Gasteiger partial charge is 0.396 e. The Morgan fingerprint density at radius 3 is 1.38 bits per heavy atom. The van der Waals surface area contributed by atoms with E-state index in [-0.39, 0.29) is 63.4 Å². The minimum Gasteiger partial charge on any atom is -0.396 e. The van der Waals surface area contributed by atoms with Crippen molar-refractivity contribution in [3.05, 3.63) is 71.8 Å². The van der Waals surface area contributed by atoms with Crippen molar-refractivity contribution in [2.24, 2.45) is 0 Å². The van der Waals surface area contributed by atoms with Crippen LogP contribution in [0.2, 0.25) is 0 Å². The Balaban J connectivity index is 1.27. The lowest BCUT2D eigenvalue weighted by Gasteiger charge is -2.45. The van der Waals surface area contributed by atoms with Crippen molar-refractivity contribution in [2.45, 2.75) is 134 Å². The number of aliphatic hydroxyl groups is 2. The fraction of sp³-hybridized carbons (Fsp3) is 0.676. The second-order valence-corrected chi connectivity index (χ2v) is 13.4. The lowest BCUT2D eigenvalue weighted by Crippen LogP contribution is -2.50. The average molecular weight is 661 g/mol. The lowest BCUT2D eigenvalue weighted by molar-refractivity contribution is -0.328. The van der Waals surface area contributed by atoms with Crippen molar-refractivity contribution < 1.29 is 48.1 Å². The predicted octanol–water partition coefficient (Wildman–Crippen LogP) is 5.86. The van der Waals surface area contributed by atoms with Crippen LogP contribution in [0.4, 0.5) is 0 Å². The molecule has 2 saturated heterocycles. The molecule has 2 aliphatic heterocycles. The van der Waals surface area contributed by atoms with Crippen LogP contribution in [0, 0.1) is 0 Å². The molecule has 10 nitrogen and oxygen atoms in total. The van der Waals surface area contributed by atoms with Gasteiger partial charge < -0.3 is 48.1 Å². The maximum atomic E-state index is 9.70. The van der Waals surface area contributed by atoms with Gasteiger partial charge in [0.15, 0.2) is 11.6 Å². The number of ether oxygens (including phenoxy) is 8. The van der Waals surface area contributed by atoms with E-state index in [1.165, 1.54) is 0 Å². The van der Waals surface area contributed by atoms with Crippen LogP contribution < -0.4 is 0 Å². The Morgan fingerprint density at radius 2 is 1.00 bits per heavy atom. The molecular weight excluding hydrogens is 604 g/mol. The van der Waals surface area contributed by atoms with Gasteiger partial charge in [-0.2, -0.15) is 0 Å². The van der Waals surface area contributed by atoms with Crippen molar-refractivity contribution in [2.75, 3.05) is 26.8 Å². The molecule has 2 aromatic carbocycles. The number of hydrogen-bond acceptors (Lipinski definition) is 10. The SMILES string of the molecule is CC1(C)O[C@H](C[C@@H]2C[C@H](C[C@H](CCO)OCOCc3ccccc3)OC(C)(C)O2)C[C@@H](C[C@H](CCO)OCOCc2ccccc2)O1. The van der Waals surface area contributed by atoms with Gasteiger partial charge in [-0.15, -0.1) is 0 Å². The smallest absolute Gasteiger partial charge is 0.163 e. The van der Waals surface area contributed by atoms with Gasteiger partial charge >= 0.3 is 0 Å². The van der Waals surface area contributed by atoms with Gasteiger partial charge in [-0.3, -0.25) is 0 Å². The highest BCUT2D eigenvalue weighted by atomic mass is 16.7. The van der Waals surface area contributed by atoms with Gasteiger partial charge in [0.05, 0.1) is 49.8 Å². The average Bonchev–Trinajstić information content (AvgIpc) is 3.01. The molecule has 2 N–H and O–H groups in total. The molecule has 2 heterocycles. The minimum atomic E-state index is -0.777. The molecule has 6 atom stereocenters. The van der Waals surface area contributed by atoms with Crippen LogP contribution in [0.1, 0.15) is 83.8 Å². The summed E-state index contributed by atoms with van der Waals surface area (Å²) in [6.45, 7) is 9.00. The molecule has 0 aromatic heterocycles. The van der Waals surface area contributed by atoms with Crippen molar-refractivity contribution in [1.82, 2.24) is 0 Å². The summed E-state index contributed by atoms with van der Waals surface area (Å²) in [5.41, 5.74) is 2.16. The van der Waals surface area contributed by atoms with E-state index in [0.717, 1.165) is 11.1 Å². The van der Waals surface area contributed by atoms with Gasteiger partial charge in [0.2, 0.25) is 0 Å². The topological polar surface area (TPSA) is 114 Å². The second kappa shape index (κ2) is 19.3. The zero-order valence-electron chi connectivity index (χ0n) is 28.6. The highest BCUT2D eigenvalue weighted by Crippen LogP contribution is 2.36. The Morgan fingerprint density at radius 1 is 0.617 bits per heavy atom. The minimum absolute atomic E-state index is 0.0198. The Kier molecular flexibility index (Phi) is 15.5. The first kappa shape index (κ1) is 37.9. The van der Waals surface area contributed by atoms with Crippen LogP contribution in [0.15, 0.2) is 60.7 Å². The summed E-state index contributed by atoms with van der Waals surface area (Å²) in [6, 6.07) is 19.9. The van der Waals surface area contributed by atoms with Crippen molar-refractivity contribution in [3.63, 3.8) is 0 Å². The second-order valence-electron chi connectivity index (χ2n) is 13.4. The highest BCUT2D eigenvalue weighted by Gasteiger charge is 2.41. The fourth-order valence-corrected chi connectivity index (χ4v) is 6.48. The summed E-state index contributed by atoms with van der Waals surface area (Å²) < 4.78 is 49.0.